The molecule has 1 aliphatic carbocycles. The molecular formula is C25H22ClF3N4O5. The number of nitrogens with zero attached hydrogens (tertiary/aromatic N) is 2. The Morgan fingerprint density at radius 1 is 1.16 bits per heavy atom. The third kappa shape index (κ3) is 5.11. The second kappa shape index (κ2) is 10.5. The first-order valence-corrected chi connectivity index (χ1v) is 12.2. The Balaban J connectivity index is 1.56. The number of nitriles is 1. The quantitative estimate of drug-likeness (QED) is 0.270. The summed E-state index contributed by atoms with van der Waals surface area (Å²) in [7, 11) is 0. The van der Waals surface area contributed by atoms with Crippen LogP contribution in [0.25, 0.3) is 0 Å². The van der Waals surface area contributed by atoms with E-state index in [4.69, 9.17) is 16.7 Å². The number of amides is 2. The molecule has 4 rings (SSSR count). The van der Waals surface area contributed by atoms with Crippen LogP contribution in [-0.2, 0) is 22.6 Å². The molecule has 1 aromatic carbocycles. The Bertz CT molecular complexity index is 1370. The van der Waals surface area contributed by atoms with Gasteiger partial charge in [0, 0.05) is 36.5 Å². The van der Waals surface area contributed by atoms with E-state index in [1.165, 1.54) is 4.57 Å². The van der Waals surface area contributed by atoms with Crippen LogP contribution in [-0.4, -0.2) is 38.8 Å². The van der Waals surface area contributed by atoms with E-state index in [0.29, 0.717) is 43.5 Å². The van der Waals surface area contributed by atoms with Crippen molar-refractivity contribution in [3.63, 3.8) is 0 Å². The fourth-order valence-corrected chi connectivity index (χ4v) is 5.47. The van der Waals surface area contributed by atoms with Gasteiger partial charge in [-0.3, -0.25) is 19.2 Å². The van der Waals surface area contributed by atoms with Crippen LogP contribution in [0.3, 0.4) is 0 Å². The van der Waals surface area contributed by atoms with Crippen LogP contribution in [0.5, 0.6) is 0 Å². The number of halogens is 4. The molecule has 0 bridgehead atoms. The highest BCUT2D eigenvalue weighted by Crippen LogP contribution is 2.36. The normalized spacial score (nSPS) is 20.3. The average Bonchev–Trinajstić information content (AvgIpc) is 3.42. The van der Waals surface area contributed by atoms with Gasteiger partial charge >= 0.3 is 5.97 Å². The van der Waals surface area contributed by atoms with E-state index in [1.807, 2.05) is 6.07 Å². The maximum Gasteiger partial charge on any atom is 0.303 e. The Kier molecular flexibility index (Phi) is 7.51. The van der Waals surface area contributed by atoms with Gasteiger partial charge < -0.3 is 20.3 Å². The van der Waals surface area contributed by atoms with E-state index >= 15 is 0 Å². The van der Waals surface area contributed by atoms with Crippen molar-refractivity contribution in [2.75, 3.05) is 5.32 Å². The van der Waals surface area contributed by atoms with Crippen LogP contribution in [0.4, 0.5) is 18.9 Å². The Labute approximate surface area is 219 Å². The zero-order valence-electron chi connectivity index (χ0n) is 19.9. The smallest absolute Gasteiger partial charge is 0.303 e. The lowest BCUT2D eigenvalue weighted by Crippen LogP contribution is -2.52. The van der Waals surface area contributed by atoms with Crippen molar-refractivity contribution >= 4 is 40.9 Å². The summed E-state index contributed by atoms with van der Waals surface area (Å²) in [6, 6.07) is 3.22. The summed E-state index contributed by atoms with van der Waals surface area (Å²) in [6.07, 6.45) is 1.90. The van der Waals surface area contributed by atoms with Gasteiger partial charge in [-0.2, -0.15) is 5.26 Å². The van der Waals surface area contributed by atoms with E-state index in [0.717, 1.165) is 0 Å². The summed E-state index contributed by atoms with van der Waals surface area (Å²) in [4.78, 5) is 50.1. The minimum atomic E-state index is -1.70. The predicted octanol–water partition coefficient (Wildman–Crippen LogP) is 3.98. The number of aromatic nitrogens is 1. The van der Waals surface area contributed by atoms with Crippen molar-refractivity contribution in [3.8, 4) is 6.07 Å². The number of nitrogens with one attached hydrogen (secondary N) is 2. The van der Waals surface area contributed by atoms with Crippen LogP contribution in [0.2, 0.25) is 5.02 Å². The number of carboxylic acid groups (broad SMARTS) is 1. The van der Waals surface area contributed by atoms with Gasteiger partial charge in [0.05, 0.1) is 16.7 Å². The lowest BCUT2D eigenvalue weighted by molar-refractivity contribution is -0.138. The summed E-state index contributed by atoms with van der Waals surface area (Å²) in [5.41, 5.74) is -1.80. The Morgan fingerprint density at radius 2 is 1.79 bits per heavy atom. The van der Waals surface area contributed by atoms with Gasteiger partial charge in [0.25, 0.3) is 17.6 Å². The molecule has 0 saturated heterocycles. The van der Waals surface area contributed by atoms with Crippen LogP contribution in [0.1, 0.15) is 65.1 Å². The predicted molar refractivity (Wildman–Crippen MR) is 127 cm³/mol. The molecule has 0 atom stereocenters. The number of carbonyl (C=O) groups excluding carboxylic acids is 3. The fourth-order valence-electron chi connectivity index (χ4n) is 5.09. The van der Waals surface area contributed by atoms with Crippen molar-refractivity contribution in [1.29, 1.82) is 5.26 Å². The molecule has 1 fully saturated rings. The zero-order valence-corrected chi connectivity index (χ0v) is 20.6. The maximum absolute atomic E-state index is 13.6. The van der Waals surface area contributed by atoms with Crippen molar-refractivity contribution in [2.24, 2.45) is 5.92 Å². The molecule has 0 radical (unpaired) electrons. The molecule has 1 saturated carbocycles. The second-order valence-electron chi connectivity index (χ2n) is 9.47. The van der Waals surface area contributed by atoms with E-state index in [9.17, 15) is 37.6 Å². The number of carboxylic acids is 1. The molecule has 13 heteroatoms. The van der Waals surface area contributed by atoms with Gasteiger partial charge in [0.1, 0.15) is 11.2 Å². The maximum atomic E-state index is 13.6. The second-order valence-corrected chi connectivity index (χ2v) is 9.84. The Morgan fingerprint density at radius 3 is 2.37 bits per heavy atom. The number of hydrogen-bond donors (Lipinski definition) is 3. The molecule has 38 heavy (non-hydrogen) atoms. The number of benzene rings is 1. The summed E-state index contributed by atoms with van der Waals surface area (Å²) in [5, 5.41) is 23.1. The van der Waals surface area contributed by atoms with E-state index in [-0.39, 0.29) is 53.7 Å². The zero-order chi connectivity index (χ0) is 27.8. The van der Waals surface area contributed by atoms with Gasteiger partial charge in [-0.1, -0.05) is 11.6 Å². The molecule has 3 N–H and O–H groups in total. The first kappa shape index (κ1) is 27.2. The van der Waals surface area contributed by atoms with Gasteiger partial charge in [0.15, 0.2) is 17.5 Å². The van der Waals surface area contributed by atoms with E-state index in [1.54, 1.807) is 0 Å². The standard InChI is InChI=1S/C25H22ClF3N4O5/c26-19-18(23(37)31-13-9-14(27)20(29)15(28)10-13)16-2-1-7-33(16)21(19)22(36)24(38)32-25(11-30)5-3-12(4-6-25)8-17(34)35/h9-10,12H,1-8H2,(H,31,37)(H,32,38)(H,34,35). The molecule has 0 unspecified atom stereocenters. The summed E-state index contributed by atoms with van der Waals surface area (Å²) in [5.74, 6) is -8.90. The first-order chi connectivity index (χ1) is 18.0. The summed E-state index contributed by atoms with van der Waals surface area (Å²) in [6.45, 7) is 0.275. The van der Waals surface area contributed by atoms with Gasteiger partial charge in [-0.25, -0.2) is 13.2 Å². The van der Waals surface area contributed by atoms with Crippen molar-refractivity contribution in [1.82, 2.24) is 9.88 Å². The number of Topliss-reactive ketones (excluding diaryl/α,β-unsaturated/α-hetero) is 1. The molecule has 9 nitrogen and oxygen atoms in total. The minimum absolute atomic E-state index is 0.0532. The number of rotatable bonds is 7. The highest BCUT2D eigenvalue weighted by Gasteiger charge is 2.41. The van der Waals surface area contributed by atoms with E-state index < -0.39 is 46.6 Å². The molecule has 1 aliphatic heterocycles. The number of aliphatic carboxylic acids is 1. The largest absolute Gasteiger partial charge is 0.481 e. The average molecular weight is 551 g/mol. The van der Waals surface area contributed by atoms with E-state index in [2.05, 4.69) is 10.6 Å². The SMILES string of the molecule is N#CC1(NC(=O)C(=O)c2c(Cl)c(C(=O)Nc3cc(F)c(F)c(F)c3)c3n2CCC3)CCC(CC(=O)O)CC1. The monoisotopic (exact) mass is 550 g/mol. The lowest BCUT2D eigenvalue weighted by atomic mass is 9.76. The molecule has 2 aliphatic rings. The number of fused-ring (bicyclic) bond motifs is 1. The minimum Gasteiger partial charge on any atom is -0.481 e. The van der Waals surface area contributed by atoms with Gasteiger partial charge in [0.2, 0.25) is 0 Å². The molecule has 2 heterocycles. The molecule has 200 valence electrons. The first-order valence-electron chi connectivity index (χ1n) is 11.8. The van der Waals surface area contributed by atoms with Crippen LogP contribution in [0, 0.1) is 34.7 Å². The highest BCUT2D eigenvalue weighted by atomic mass is 35.5. The van der Waals surface area contributed by atoms with Crippen LogP contribution < -0.4 is 10.6 Å². The molecule has 2 amide bonds. The van der Waals surface area contributed by atoms with Crippen LogP contribution in [0.15, 0.2) is 12.1 Å². The molecule has 2 aromatic rings. The third-order valence-electron chi connectivity index (χ3n) is 6.99. The number of hydrogen-bond acceptors (Lipinski definition) is 5. The lowest BCUT2D eigenvalue weighted by Gasteiger charge is -2.34. The van der Waals surface area contributed by atoms with Crippen LogP contribution >= 0.6 is 11.6 Å². The molecule has 1 aromatic heterocycles. The fraction of sp³-hybridized carbons (Fsp3) is 0.400. The van der Waals surface area contributed by atoms with Crippen molar-refractivity contribution < 1.29 is 37.5 Å². The summed E-state index contributed by atoms with van der Waals surface area (Å²) < 4.78 is 41.9. The highest BCUT2D eigenvalue weighted by molar-refractivity contribution is 6.48. The third-order valence-corrected chi connectivity index (χ3v) is 7.35. The number of carbonyl (C=O) groups is 4. The molecule has 0 spiro atoms. The van der Waals surface area contributed by atoms with Gasteiger partial charge in [-0.15, -0.1) is 0 Å². The number of anilines is 1. The van der Waals surface area contributed by atoms with Crippen molar-refractivity contribution in [3.05, 3.63) is 51.6 Å². The topological polar surface area (TPSA) is 141 Å². The summed E-state index contributed by atoms with van der Waals surface area (Å²) >= 11 is 6.40. The van der Waals surface area contributed by atoms with Crippen molar-refractivity contribution in [2.45, 2.75) is 57.0 Å². The molecular weight excluding hydrogens is 529 g/mol. The number of ketones is 1. The Hall–Kier alpha value is -3.85. The van der Waals surface area contributed by atoms with Gasteiger partial charge in [-0.05, 0) is 44.4 Å².